The highest BCUT2D eigenvalue weighted by Gasteiger charge is 2.32. The van der Waals surface area contributed by atoms with Gasteiger partial charge in [0.2, 0.25) is 23.6 Å². The first-order valence-electron chi connectivity index (χ1n) is 13.9. The summed E-state index contributed by atoms with van der Waals surface area (Å²) in [6, 6.07) is 2.91. The van der Waals surface area contributed by atoms with Crippen molar-refractivity contribution < 1.29 is 29.1 Å². The molecule has 0 aliphatic rings. The summed E-state index contributed by atoms with van der Waals surface area (Å²) in [4.78, 5) is 66.0. The minimum absolute atomic E-state index is 0.0187. The van der Waals surface area contributed by atoms with Crippen molar-refractivity contribution in [1.29, 1.82) is 0 Å². The van der Waals surface area contributed by atoms with E-state index in [0.29, 0.717) is 37.8 Å². The lowest BCUT2D eigenvalue weighted by molar-refractivity contribution is -0.142. The fourth-order valence-electron chi connectivity index (χ4n) is 4.41. The minimum Gasteiger partial charge on any atom is -0.480 e. The van der Waals surface area contributed by atoms with Crippen LogP contribution in [0.3, 0.4) is 0 Å². The number of nitrogens with one attached hydrogen (secondary N) is 4. The third kappa shape index (κ3) is 10.2. The number of aromatic amines is 1. The van der Waals surface area contributed by atoms with E-state index in [-0.39, 0.29) is 25.2 Å². The van der Waals surface area contributed by atoms with Gasteiger partial charge in [-0.15, -0.1) is 0 Å². The van der Waals surface area contributed by atoms with Crippen LogP contribution in [0.2, 0.25) is 0 Å². The normalized spacial score (nSPS) is 14.8. The van der Waals surface area contributed by atoms with Crippen molar-refractivity contribution in [1.82, 2.24) is 20.9 Å². The van der Waals surface area contributed by atoms with Gasteiger partial charge in [0.25, 0.3) is 0 Å². The Kier molecular flexibility index (Phi) is 13.2. The fraction of sp³-hybridized carbons (Fsp3) is 0.536. The number of aliphatic carboxylic acids is 1. The Bertz CT molecular complexity index is 1200. The molecule has 11 N–H and O–H groups in total. The van der Waals surface area contributed by atoms with Crippen molar-refractivity contribution in [3.05, 3.63) is 36.0 Å². The number of H-pyrrole nitrogens is 1. The molecule has 0 saturated carbocycles. The number of rotatable bonds is 18. The van der Waals surface area contributed by atoms with Gasteiger partial charge in [0, 0.05) is 29.9 Å². The van der Waals surface area contributed by atoms with Gasteiger partial charge in [-0.1, -0.05) is 44.9 Å². The Morgan fingerprint density at radius 1 is 0.951 bits per heavy atom. The minimum atomic E-state index is -1.31. The molecule has 0 radical (unpaired) electrons. The lowest BCUT2D eigenvalue weighted by Crippen LogP contribution is -2.58. The largest absolute Gasteiger partial charge is 0.480 e. The molecule has 2 rings (SSSR count). The maximum atomic E-state index is 13.3. The van der Waals surface area contributed by atoms with Gasteiger partial charge in [0.05, 0.1) is 6.04 Å². The number of primary amides is 1. The van der Waals surface area contributed by atoms with Crippen LogP contribution in [-0.4, -0.2) is 70.4 Å². The maximum absolute atomic E-state index is 13.3. The number of benzene rings is 1. The van der Waals surface area contributed by atoms with Crippen LogP contribution >= 0.6 is 0 Å². The molecule has 1 aromatic carbocycles. The number of nitrogens with two attached hydrogens (primary N) is 3. The SMILES string of the molecule is CCC(C)C(NC(=O)C(N)CCCCN)C(=O)NC(CCC(N)=O)C(=O)NC(Cc1c[nH]c2ccccc12)C(=O)O. The molecule has 1 heterocycles. The Labute approximate surface area is 239 Å². The number of aromatic nitrogens is 1. The van der Waals surface area contributed by atoms with Crippen LogP contribution in [-0.2, 0) is 30.4 Å². The first-order valence-corrected chi connectivity index (χ1v) is 13.9. The highest BCUT2D eigenvalue weighted by Crippen LogP contribution is 2.19. The summed E-state index contributed by atoms with van der Waals surface area (Å²) >= 11 is 0. The fourth-order valence-corrected chi connectivity index (χ4v) is 4.41. The van der Waals surface area contributed by atoms with Gasteiger partial charge in [-0.05, 0) is 43.4 Å². The second-order valence-electron chi connectivity index (χ2n) is 10.3. The zero-order chi connectivity index (χ0) is 30.5. The first kappa shape index (κ1) is 33.2. The summed E-state index contributed by atoms with van der Waals surface area (Å²) in [6.07, 6.45) is 3.57. The molecule has 0 bridgehead atoms. The molecule has 0 saturated heterocycles. The summed E-state index contributed by atoms with van der Waals surface area (Å²) in [6.45, 7) is 4.09. The van der Waals surface area contributed by atoms with Crippen molar-refractivity contribution in [2.45, 2.75) is 83.0 Å². The summed E-state index contributed by atoms with van der Waals surface area (Å²) < 4.78 is 0. The molecule has 13 heteroatoms. The molecule has 0 spiro atoms. The number of hydrogen-bond acceptors (Lipinski definition) is 7. The zero-order valence-electron chi connectivity index (χ0n) is 23.7. The third-order valence-corrected chi connectivity index (χ3v) is 7.13. The zero-order valence-corrected chi connectivity index (χ0v) is 23.7. The maximum Gasteiger partial charge on any atom is 0.326 e. The second-order valence-corrected chi connectivity index (χ2v) is 10.3. The molecular formula is C28H43N7O6. The lowest BCUT2D eigenvalue weighted by Gasteiger charge is -2.28. The average molecular weight is 574 g/mol. The number of carboxylic acids is 1. The van der Waals surface area contributed by atoms with Crippen LogP contribution < -0.4 is 33.2 Å². The van der Waals surface area contributed by atoms with Crippen molar-refractivity contribution in [3.8, 4) is 0 Å². The van der Waals surface area contributed by atoms with E-state index in [4.69, 9.17) is 17.2 Å². The molecular weight excluding hydrogens is 530 g/mol. The van der Waals surface area contributed by atoms with Gasteiger partial charge in [-0.25, -0.2) is 4.79 Å². The van der Waals surface area contributed by atoms with Crippen LogP contribution in [0.4, 0.5) is 0 Å². The van der Waals surface area contributed by atoms with Crippen molar-refractivity contribution in [3.63, 3.8) is 0 Å². The first-order chi connectivity index (χ1) is 19.5. The lowest BCUT2D eigenvalue weighted by atomic mass is 9.96. The van der Waals surface area contributed by atoms with Gasteiger partial charge in [0.15, 0.2) is 0 Å². The highest BCUT2D eigenvalue weighted by molar-refractivity contribution is 5.94. The number of carbonyl (C=O) groups excluding carboxylic acids is 4. The summed E-state index contributed by atoms with van der Waals surface area (Å²) in [7, 11) is 0. The van der Waals surface area contributed by atoms with E-state index in [1.54, 1.807) is 13.1 Å². The summed E-state index contributed by atoms with van der Waals surface area (Å²) in [5, 5.41) is 18.4. The standard InChI is InChI=1S/C28H43N7O6/c1-3-16(2)24(35-25(37)19(30)9-6-7-13-29)27(39)33-21(11-12-23(31)36)26(38)34-22(28(40)41)14-17-15-32-20-10-5-4-8-18(17)20/h4-5,8,10,15-16,19,21-22,24,32H,3,6-7,9,11-14,29-30H2,1-2H3,(H2,31,36)(H,33,39)(H,34,38)(H,35,37)(H,40,41). The van der Waals surface area contributed by atoms with Crippen molar-refractivity contribution >= 4 is 40.5 Å². The van der Waals surface area contributed by atoms with Crippen LogP contribution in [0.15, 0.2) is 30.5 Å². The molecule has 4 amide bonds. The average Bonchev–Trinajstić information content (AvgIpc) is 3.35. The number of carbonyl (C=O) groups is 5. The Morgan fingerprint density at radius 3 is 2.27 bits per heavy atom. The number of fused-ring (bicyclic) bond motifs is 1. The Morgan fingerprint density at radius 2 is 1.63 bits per heavy atom. The monoisotopic (exact) mass is 573 g/mol. The summed E-state index contributed by atoms with van der Waals surface area (Å²) in [5.74, 6) is -4.23. The van der Waals surface area contributed by atoms with Crippen molar-refractivity contribution in [2.24, 2.45) is 23.1 Å². The molecule has 2 aromatic rings. The molecule has 0 fully saturated rings. The molecule has 5 atom stereocenters. The molecule has 226 valence electrons. The second kappa shape index (κ2) is 16.3. The quantitative estimate of drug-likeness (QED) is 0.113. The van der Waals surface area contributed by atoms with Crippen LogP contribution in [0.25, 0.3) is 10.9 Å². The predicted molar refractivity (Wildman–Crippen MR) is 154 cm³/mol. The number of unbranched alkanes of at least 4 members (excludes halogenated alkanes) is 1. The van der Waals surface area contributed by atoms with Gasteiger partial charge >= 0.3 is 5.97 Å². The number of para-hydroxylation sites is 1. The predicted octanol–water partition coefficient (Wildman–Crippen LogP) is 0.0173. The van der Waals surface area contributed by atoms with Crippen LogP contribution in [0.1, 0.15) is 57.9 Å². The van der Waals surface area contributed by atoms with Crippen LogP contribution in [0, 0.1) is 5.92 Å². The molecule has 13 nitrogen and oxygen atoms in total. The van der Waals surface area contributed by atoms with E-state index >= 15 is 0 Å². The van der Waals surface area contributed by atoms with Gasteiger partial charge in [0.1, 0.15) is 18.1 Å². The number of amides is 4. The number of carboxylic acid groups (broad SMARTS) is 1. The molecule has 1 aromatic heterocycles. The van der Waals surface area contributed by atoms with E-state index < -0.39 is 53.8 Å². The van der Waals surface area contributed by atoms with Crippen LogP contribution in [0.5, 0.6) is 0 Å². The van der Waals surface area contributed by atoms with E-state index in [1.165, 1.54) is 0 Å². The van der Waals surface area contributed by atoms with E-state index in [0.717, 1.165) is 10.9 Å². The number of hydrogen-bond donors (Lipinski definition) is 8. The Hall–Kier alpha value is -3.97. The van der Waals surface area contributed by atoms with E-state index in [9.17, 15) is 29.1 Å². The third-order valence-electron chi connectivity index (χ3n) is 7.13. The topological polar surface area (TPSA) is 236 Å². The molecule has 41 heavy (non-hydrogen) atoms. The molecule has 5 unspecified atom stereocenters. The van der Waals surface area contributed by atoms with Crippen molar-refractivity contribution in [2.75, 3.05) is 6.54 Å². The van der Waals surface area contributed by atoms with Gasteiger partial charge < -0.3 is 43.2 Å². The molecule has 0 aliphatic heterocycles. The van der Waals surface area contributed by atoms with E-state index in [1.807, 2.05) is 31.2 Å². The van der Waals surface area contributed by atoms with Gasteiger partial charge in [-0.2, -0.15) is 0 Å². The Balaban J connectivity index is 2.18. The molecule has 0 aliphatic carbocycles. The summed E-state index contributed by atoms with van der Waals surface area (Å²) in [5.41, 5.74) is 18.3. The highest BCUT2D eigenvalue weighted by atomic mass is 16.4. The van der Waals surface area contributed by atoms with Gasteiger partial charge in [-0.3, -0.25) is 19.2 Å². The van der Waals surface area contributed by atoms with E-state index in [2.05, 4.69) is 20.9 Å². The smallest absolute Gasteiger partial charge is 0.326 e.